The van der Waals surface area contributed by atoms with Gasteiger partial charge in [-0.05, 0) is 55.0 Å². The van der Waals surface area contributed by atoms with Gasteiger partial charge in [0.1, 0.15) is 0 Å². The first-order valence-electron chi connectivity index (χ1n) is 10.1. The van der Waals surface area contributed by atoms with Gasteiger partial charge in [0.2, 0.25) is 6.41 Å². The SMILES string of the molecule is CNC=O.CO[C@H](C)c1cc(C(F)(F)F)cc(C(F)(F)F)c1.NC1CC(c2ccccc2)C1. The molecule has 33 heavy (non-hydrogen) atoms. The Hall–Kier alpha value is -2.59. The van der Waals surface area contributed by atoms with Crippen molar-refractivity contribution in [3.05, 3.63) is 70.8 Å². The van der Waals surface area contributed by atoms with Crippen molar-refractivity contribution in [3.8, 4) is 0 Å². The Morgan fingerprint density at radius 2 is 1.45 bits per heavy atom. The normalized spacial score (nSPS) is 18.5. The minimum absolute atomic E-state index is 0.0892. The molecule has 4 nitrogen and oxygen atoms in total. The number of halogens is 6. The van der Waals surface area contributed by atoms with E-state index in [-0.39, 0.29) is 11.6 Å². The van der Waals surface area contributed by atoms with Crippen LogP contribution in [0.4, 0.5) is 26.3 Å². The number of hydrogen-bond acceptors (Lipinski definition) is 3. The fourth-order valence-corrected chi connectivity index (χ4v) is 3.01. The van der Waals surface area contributed by atoms with Gasteiger partial charge in [0, 0.05) is 20.2 Å². The fourth-order valence-electron chi connectivity index (χ4n) is 3.01. The summed E-state index contributed by atoms with van der Waals surface area (Å²) < 4.78 is 79.7. The van der Waals surface area contributed by atoms with Gasteiger partial charge in [-0.25, -0.2) is 0 Å². The van der Waals surface area contributed by atoms with Crippen LogP contribution in [0.1, 0.15) is 54.0 Å². The van der Waals surface area contributed by atoms with E-state index in [0.29, 0.717) is 24.6 Å². The second kappa shape index (κ2) is 12.6. The lowest BCUT2D eigenvalue weighted by molar-refractivity contribution is -0.143. The Morgan fingerprint density at radius 3 is 1.79 bits per heavy atom. The Balaban J connectivity index is 0.000000305. The zero-order valence-corrected chi connectivity index (χ0v) is 18.5. The summed E-state index contributed by atoms with van der Waals surface area (Å²) in [5, 5.41) is 2.25. The zero-order valence-electron chi connectivity index (χ0n) is 18.5. The van der Waals surface area contributed by atoms with E-state index in [1.807, 2.05) is 0 Å². The first-order valence-corrected chi connectivity index (χ1v) is 10.1. The second-order valence-electron chi connectivity index (χ2n) is 7.46. The third-order valence-electron chi connectivity index (χ3n) is 5.00. The molecule has 184 valence electrons. The minimum Gasteiger partial charge on any atom is -0.377 e. The molecule has 1 saturated carbocycles. The Bertz CT molecular complexity index is 818. The number of nitrogens with one attached hydrogen (secondary N) is 1. The number of amides is 1. The third kappa shape index (κ3) is 9.43. The lowest BCUT2D eigenvalue weighted by atomic mass is 9.76. The molecule has 2 aromatic rings. The molecular weight excluding hydrogens is 450 g/mol. The highest BCUT2D eigenvalue weighted by Gasteiger charge is 2.37. The molecule has 1 fully saturated rings. The van der Waals surface area contributed by atoms with Crippen LogP contribution in [0.25, 0.3) is 0 Å². The quantitative estimate of drug-likeness (QED) is 0.439. The highest BCUT2D eigenvalue weighted by atomic mass is 19.4. The summed E-state index contributed by atoms with van der Waals surface area (Å²) in [4.78, 5) is 9.06. The number of carbonyl (C=O) groups is 1. The molecule has 1 aliphatic carbocycles. The van der Waals surface area contributed by atoms with Crippen LogP contribution in [0.3, 0.4) is 0 Å². The van der Waals surface area contributed by atoms with E-state index in [1.165, 1.54) is 32.4 Å². The molecule has 2 aromatic carbocycles. The minimum atomic E-state index is -4.83. The summed E-state index contributed by atoms with van der Waals surface area (Å²) in [6, 6.07) is 12.5. The maximum Gasteiger partial charge on any atom is 0.416 e. The molecule has 3 rings (SSSR count). The largest absolute Gasteiger partial charge is 0.416 e. The number of alkyl halides is 6. The van der Waals surface area contributed by atoms with E-state index in [2.05, 4.69) is 35.6 Å². The Morgan fingerprint density at radius 1 is 1.00 bits per heavy atom. The molecule has 3 N–H and O–H groups in total. The molecule has 1 aliphatic rings. The van der Waals surface area contributed by atoms with Gasteiger partial charge in [-0.15, -0.1) is 0 Å². The van der Waals surface area contributed by atoms with Gasteiger partial charge in [-0.1, -0.05) is 30.3 Å². The lowest BCUT2D eigenvalue weighted by Crippen LogP contribution is -2.34. The summed E-state index contributed by atoms with van der Waals surface area (Å²) >= 11 is 0. The average molecular weight is 478 g/mol. The summed E-state index contributed by atoms with van der Waals surface area (Å²) in [6.45, 7) is 1.37. The van der Waals surface area contributed by atoms with Gasteiger partial charge < -0.3 is 15.8 Å². The van der Waals surface area contributed by atoms with Gasteiger partial charge in [0.05, 0.1) is 17.2 Å². The van der Waals surface area contributed by atoms with E-state index in [1.54, 1.807) is 7.05 Å². The maximum atomic E-state index is 12.5. The highest BCUT2D eigenvalue weighted by molar-refractivity contribution is 5.44. The van der Waals surface area contributed by atoms with E-state index >= 15 is 0 Å². The standard InChI is InChI=1S/C11H10F6O.C10H13N.C2H5NO/c1-6(18-2)7-3-8(10(12,13)14)5-9(4-7)11(15,16)17;11-10-6-9(7-10)8-4-2-1-3-5-8;1-3-2-4/h3-6H,1-2H3;1-5,9-10H,6-7,11H2;2H,1H3,(H,3,4)/t6-;;/m1../s1. The van der Waals surface area contributed by atoms with Crippen molar-refractivity contribution in [3.63, 3.8) is 0 Å². The zero-order chi connectivity index (χ0) is 25.2. The predicted molar refractivity (Wildman–Crippen MR) is 113 cm³/mol. The topological polar surface area (TPSA) is 64.3 Å². The van der Waals surface area contributed by atoms with Crippen LogP contribution in [0.15, 0.2) is 48.5 Å². The summed E-state index contributed by atoms with van der Waals surface area (Å²) in [5.41, 5.74) is 4.32. The molecule has 1 amide bonds. The molecular formula is C23H28F6N2O2. The highest BCUT2D eigenvalue weighted by Crippen LogP contribution is 2.38. The van der Waals surface area contributed by atoms with Gasteiger partial charge in [0.15, 0.2) is 0 Å². The number of hydrogen-bond donors (Lipinski definition) is 2. The van der Waals surface area contributed by atoms with Crippen molar-refractivity contribution in [2.45, 2.75) is 50.2 Å². The summed E-state index contributed by atoms with van der Waals surface area (Å²) in [6.07, 6.45) is -7.55. The number of nitrogens with two attached hydrogens (primary N) is 1. The Kier molecular flexibility index (Phi) is 10.9. The molecule has 0 radical (unpaired) electrons. The van der Waals surface area contributed by atoms with Gasteiger partial charge >= 0.3 is 12.4 Å². The number of methoxy groups -OCH3 is 1. The predicted octanol–water partition coefficient (Wildman–Crippen LogP) is 5.69. The van der Waals surface area contributed by atoms with E-state index in [4.69, 9.17) is 15.3 Å². The molecule has 0 spiro atoms. The van der Waals surface area contributed by atoms with E-state index in [0.717, 1.165) is 5.92 Å². The van der Waals surface area contributed by atoms with E-state index in [9.17, 15) is 26.3 Å². The number of benzene rings is 2. The van der Waals surface area contributed by atoms with Crippen LogP contribution in [0, 0.1) is 0 Å². The molecule has 0 aliphatic heterocycles. The van der Waals surface area contributed by atoms with Crippen LogP contribution < -0.4 is 11.1 Å². The van der Waals surface area contributed by atoms with Crippen LogP contribution in [0.2, 0.25) is 0 Å². The number of carbonyl (C=O) groups excluding carboxylic acids is 1. The number of rotatable bonds is 4. The van der Waals surface area contributed by atoms with Crippen molar-refractivity contribution < 1.29 is 35.9 Å². The first kappa shape index (κ1) is 28.4. The first-order chi connectivity index (χ1) is 15.3. The summed E-state index contributed by atoms with van der Waals surface area (Å²) in [5.74, 6) is 0.742. The molecule has 1 atom stereocenters. The monoisotopic (exact) mass is 478 g/mol. The van der Waals surface area contributed by atoms with Crippen LogP contribution in [-0.4, -0.2) is 26.6 Å². The van der Waals surface area contributed by atoms with Crippen molar-refractivity contribution in [2.24, 2.45) is 5.73 Å². The van der Waals surface area contributed by atoms with Gasteiger partial charge in [-0.3, -0.25) is 4.79 Å². The molecule has 10 heteroatoms. The van der Waals surface area contributed by atoms with Crippen LogP contribution >= 0.6 is 0 Å². The third-order valence-corrected chi connectivity index (χ3v) is 5.00. The average Bonchev–Trinajstić information content (AvgIpc) is 2.76. The van der Waals surface area contributed by atoms with Crippen molar-refractivity contribution in [2.75, 3.05) is 14.2 Å². The molecule has 0 aromatic heterocycles. The second-order valence-corrected chi connectivity index (χ2v) is 7.46. The number of ether oxygens (including phenoxy) is 1. The molecule has 0 heterocycles. The van der Waals surface area contributed by atoms with Gasteiger partial charge in [-0.2, -0.15) is 26.3 Å². The fraction of sp³-hybridized carbons (Fsp3) is 0.435. The molecule has 0 bridgehead atoms. The van der Waals surface area contributed by atoms with Crippen molar-refractivity contribution in [1.29, 1.82) is 0 Å². The molecule has 0 unspecified atom stereocenters. The smallest absolute Gasteiger partial charge is 0.377 e. The van der Waals surface area contributed by atoms with Crippen LogP contribution in [0.5, 0.6) is 0 Å². The Labute approximate surface area is 189 Å². The van der Waals surface area contributed by atoms with Crippen molar-refractivity contribution in [1.82, 2.24) is 5.32 Å². The van der Waals surface area contributed by atoms with Gasteiger partial charge in [0.25, 0.3) is 0 Å². The van der Waals surface area contributed by atoms with Crippen molar-refractivity contribution >= 4 is 6.41 Å². The molecule has 0 saturated heterocycles. The van der Waals surface area contributed by atoms with E-state index < -0.39 is 29.6 Å². The summed E-state index contributed by atoms with van der Waals surface area (Å²) in [7, 11) is 2.77. The lowest BCUT2D eigenvalue weighted by Gasteiger charge is -2.32. The maximum absolute atomic E-state index is 12.5. The van der Waals surface area contributed by atoms with Crippen LogP contribution in [-0.2, 0) is 21.9 Å².